The molecule has 0 spiro atoms. The number of aromatic nitrogens is 3. The second kappa shape index (κ2) is 6.26. The van der Waals surface area contributed by atoms with Crippen LogP contribution in [0.1, 0.15) is 26.2 Å². The Balaban J connectivity index is 1.66. The van der Waals surface area contributed by atoms with Crippen molar-refractivity contribution in [3.8, 4) is 11.4 Å². The van der Waals surface area contributed by atoms with E-state index in [4.69, 9.17) is 4.74 Å². The van der Waals surface area contributed by atoms with Crippen molar-refractivity contribution in [3.05, 3.63) is 30.6 Å². The van der Waals surface area contributed by atoms with Gasteiger partial charge in [-0.2, -0.15) is 0 Å². The van der Waals surface area contributed by atoms with Gasteiger partial charge in [-0.25, -0.2) is 0 Å². The fraction of sp³-hybridized carbons (Fsp3) is 0.500. The number of rotatable bonds is 4. The first kappa shape index (κ1) is 14.1. The van der Waals surface area contributed by atoms with Gasteiger partial charge in [-0.3, -0.25) is 0 Å². The number of hydrogen-bond acceptors (Lipinski definition) is 4. The van der Waals surface area contributed by atoms with Gasteiger partial charge in [0.15, 0.2) is 5.82 Å². The summed E-state index contributed by atoms with van der Waals surface area (Å²) >= 11 is 0. The number of aryl methyl sites for hydroxylation is 1. The maximum absolute atomic E-state index is 5.72. The third-order valence-corrected chi connectivity index (χ3v) is 4.05. The first-order valence-electron chi connectivity index (χ1n) is 7.59. The largest absolute Gasteiger partial charge is 0.382 e. The quantitative estimate of drug-likeness (QED) is 0.939. The van der Waals surface area contributed by atoms with Crippen molar-refractivity contribution in [2.45, 2.75) is 38.3 Å². The Morgan fingerprint density at radius 3 is 2.81 bits per heavy atom. The van der Waals surface area contributed by atoms with Gasteiger partial charge < -0.3 is 14.6 Å². The van der Waals surface area contributed by atoms with Crippen LogP contribution in [-0.4, -0.2) is 33.5 Å². The lowest BCUT2D eigenvalue weighted by atomic mass is 10.0. The number of ether oxygens (including phenoxy) is 1. The molecule has 2 atom stereocenters. The minimum Gasteiger partial charge on any atom is -0.382 e. The van der Waals surface area contributed by atoms with E-state index in [2.05, 4.69) is 46.7 Å². The molecule has 1 aliphatic heterocycles. The molecule has 1 aromatic heterocycles. The molecule has 2 heterocycles. The summed E-state index contributed by atoms with van der Waals surface area (Å²) in [6.45, 7) is 3.04. The normalized spacial score (nSPS) is 22.2. The highest BCUT2D eigenvalue weighted by Gasteiger charge is 2.20. The average molecular weight is 286 g/mol. The lowest BCUT2D eigenvalue weighted by Gasteiger charge is -2.30. The maximum atomic E-state index is 5.72. The monoisotopic (exact) mass is 286 g/mol. The highest BCUT2D eigenvalue weighted by Crippen LogP contribution is 2.23. The first-order chi connectivity index (χ1) is 10.3. The number of nitrogens with one attached hydrogen (secondary N) is 1. The second-order valence-corrected chi connectivity index (χ2v) is 5.61. The van der Waals surface area contributed by atoms with Gasteiger partial charge in [0.25, 0.3) is 0 Å². The van der Waals surface area contributed by atoms with E-state index >= 15 is 0 Å². The van der Waals surface area contributed by atoms with Crippen LogP contribution in [0.4, 0.5) is 5.69 Å². The summed E-state index contributed by atoms with van der Waals surface area (Å²) in [7, 11) is 1.95. The van der Waals surface area contributed by atoms with Gasteiger partial charge in [0.05, 0.1) is 6.10 Å². The van der Waals surface area contributed by atoms with Crippen LogP contribution >= 0.6 is 0 Å². The van der Waals surface area contributed by atoms with Gasteiger partial charge in [-0.05, 0) is 43.5 Å². The molecule has 5 heteroatoms. The van der Waals surface area contributed by atoms with E-state index < -0.39 is 0 Å². The van der Waals surface area contributed by atoms with Crippen LogP contribution in [0, 0.1) is 0 Å². The molecular weight excluding hydrogens is 264 g/mol. The minimum atomic E-state index is 0.397. The molecule has 0 aliphatic carbocycles. The Labute approximate surface area is 125 Å². The summed E-state index contributed by atoms with van der Waals surface area (Å²) in [6, 6.07) is 8.90. The van der Waals surface area contributed by atoms with Crippen molar-refractivity contribution in [2.24, 2.45) is 7.05 Å². The van der Waals surface area contributed by atoms with Crippen molar-refractivity contribution in [2.75, 3.05) is 11.9 Å². The molecule has 1 aliphatic rings. The Kier molecular flexibility index (Phi) is 4.20. The first-order valence-corrected chi connectivity index (χ1v) is 7.59. The maximum Gasteiger partial charge on any atom is 0.163 e. The lowest BCUT2D eigenvalue weighted by Crippen LogP contribution is -2.33. The molecule has 0 bridgehead atoms. The summed E-state index contributed by atoms with van der Waals surface area (Å²) < 4.78 is 7.64. The average Bonchev–Trinajstić information content (AvgIpc) is 2.94. The van der Waals surface area contributed by atoms with Gasteiger partial charge >= 0.3 is 0 Å². The number of anilines is 1. The molecule has 21 heavy (non-hydrogen) atoms. The zero-order valence-electron chi connectivity index (χ0n) is 12.6. The lowest BCUT2D eigenvalue weighted by molar-refractivity contribution is 0.00926. The van der Waals surface area contributed by atoms with Gasteiger partial charge in [-0.15, -0.1) is 10.2 Å². The highest BCUT2D eigenvalue weighted by atomic mass is 16.5. The molecule has 0 radical (unpaired) electrons. The molecule has 0 saturated carbocycles. The Morgan fingerprint density at radius 1 is 1.33 bits per heavy atom. The molecular formula is C16H22N4O. The molecule has 1 aromatic carbocycles. The standard InChI is InChI=1S/C16H22N4O/c1-3-15-10-14(8-9-21-15)18-13-6-4-12(5-7-13)16-19-17-11-20(16)2/h4-7,11,14-15,18H,3,8-10H2,1-2H3. The molecule has 5 nitrogen and oxygen atoms in total. The third-order valence-electron chi connectivity index (χ3n) is 4.05. The summed E-state index contributed by atoms with van der Waals surface area (Å²) in [5.41, 5.74) is 2.24. The van der Waals surface area contributed by atoms with Gasteiger partial charge in [0.1, 0.15) is 6.33 Å². The number of hydrogen-bond donors (Lipinski definition) is 1. The van der Waals surface area contributed by atoms with E-state index in [1.807, 2.05) is 11.6 Å². The van der Waals surface area contributed by atoms with Crippen molar-refractivity contribution in [1.82, 2.24) is 14.8 Å². The Hall–Kier alpha value is -1.88. The van der Waals surface area contributed by atoms with Crippen molar-refractivity contribution in [1.29, 1.82) is 0 Å². The number of benzene rings is 1. The predicted octanol–water partition coefficient (Wildman–Crippen LogP) is 2.85. The number of nitrogens with zero attached hydrogens (tertiary/aromatic N) is 3. The van der Waals surface area contributed by atoms with Crippen LogP contribution in [0.15, 0.2) is 30.6 Å². The van der Waals surface area contributed by atoms with Crippen LogP contribution in [0.25, 0.3) is 11.4 Å². The predicted molar refractivity (Wildman–Crippen MR) is 83.1 cm³/mol. The van der Waals surface area contributed by atoms with E-state index in [1.54, 1.807) is 6.33 Å². The SMILES string of the molecule is CCC1CC(Nc2ccc(-c3nncn3C)cc2)CCO1. The summed E-state index contributed by atoms with van der Waals surface area (Å²) in [6.07, 6.45) is 5.36. The zero-order valence-corrected chi connectivity index (χ0v) is 12.6. The second-order valence-electron chi connectivity index (χ2n) is 5.61. The highest BCUT2D eigenvalue weighted by molar-refractivity contribution is 5.59. The van der Waals surface area contributed by atoms with E-state index in [1.165, 1.54) is 0 Å². The molecule has 1 N–H and O–H groups in total. The van der Waals surface area contributed by atoms with Crippen molar-refractivity contribution in [3.63, 3.8) is 0 Å². The Morgan fingerprint density at radius 2 is 2.14 bits per heavy atom. The van der Waals surface area contributed by atoms with Gasteiger partial charge in [-0.1, -0.05) is 6.92 Å². The van der Waals surface area contributed by atoms with E-state index in [0.29, 0.717) is 12.1 Å². The van der Waals surface area contributed by atoms with Crippen molar-refractivity contribution >= 4 is 5.69 Å². The van der Waals surface area contributed by atoms with E-state index in [9.17, 15) is 0 Å². The topological polar surface area (TPSA) is 52.0 Å². The van der Waals surface area contributed by atoms with E-state index in [-0.39, 0.29) is 0 Å². The Bertz CT molecular complexity index is 578. The fourth-order valence-corrected chi connectivity index (χ4v) is 2.79. The minimum absolute atomic E-state index is 0.397. The summed E-state index contributed by atoms with van der Waals surface area (Å²) in [4.78, 5) is 0. The van der Waals surface area contributed by atoms with Crippen LogP contribution in [-0.2, 0) is 11.8 Å². The van der Waals surface area contributed by atoms with Crippen LogP contribution in [0.2, 0.25) is 0 Å². The van der Waals surface area contributed by atoms with Gasteiger partial charge in [0.2, 0.25) is 0 Å². The molecule has 0 amide bonds. The summed E-state index contributed by atoms with van der Waals surface area (Å²) in [5, 5.41) is 11.7. The smallest absolute Gasteiger partial charge is 0.163 e. The van der Waals surface area contributed by atoms with Crippen molar-refractivity contribution < 1.29 is 4.74 Å². The molecule has 2 unspecified atom stereocenters. The molecule has 2 aromatic rings. The van der Waals surface area contributed by atoms with Crippen LogP contribution in [0.3, 0.4) is 0 Å². The third kappa shape index (κ3) is 3.24. The molecule has 112 valence electrons. The fourth-order valence-electron chi connectivity index (χ4n) is 2.79. The molecule has 1 saturated heterocycles. The van der Waals surface area contributed by atoms with E-state index in [0.717, 1.165) is 42.9 Å². The van der Waals surface area contributed by atoms with Gasteiger partial charge in [0, 0.05) is 30.9 Å². The molecule has 3 rings (SSSR count). The zero-order chi connectivity index (χ0) is 14.7. The van der Waals surface area contributed by atoms with Crippen LogP contribution < -0.4 is 5.32 Å². The molecule has 1 fully saturated rings. The summed E-state index contributed by atoms with van der Waals surface area (Å²) in [5.74, 6) is 0.888. The van der Waals surface area contributed by atoms with Crippen LogP contribution in [0.5, 0.6) is 0 Å².